The van der Waals surface area contributed by atoms with Gasteiger partial charge in [-0.1, -0.05) is 42.0 Å². The zero-order valence-electron chi connectivity index (χ0n) is 18.0. The van der Waals surface area contributed by atoms with Gasteiger partial charge in [0.05, 0.1) is 12.8 Å². The molecule has 31 heavy (non-hydrogen) atoms. The Hall–Kier alpha value is -3.85. The van der Waals surface area contributed by atoms with Crippen LogP contribution < -0.4 is 9.64 Å². The number of ether oxygens (including phenoxy) is 1. The van der Waals surface area contributed by atoms with Gasteiger partial charge in [-0.05, 0) is 79.6 Å². The predicted octanol–water partition coefficient (Wildman–Crippen LogP) is 7.26. The van der Waals surface area contributed by atoms with Gasteiger partial charge in [0, 0.05) is 22.5 Å². The molecule has 0 fully saturated rings. The van der Waals surface area contributed by atoms with Gasteiger partial charge in [-0.15, -0.1) is 0 Å². The van der Waals surface area contributed by atoms with E-state index in [1.165, 1.54) is 11.1 Å². The minimum atomic E-state index is 0.654. The second-order valence-corrected chi connectivity index (χ2v) is 7.63. The first-order chi connectivity index (χ1) is 15.1. The molecule has 4 rings (SSSR count). The lowest BCUT2D eigenvalue weighted by atomic mass is 9.99. The van der Waals surface area contributed by atoms with Gasteiger partial charge < -0.3 is 9.64 Å². The number of hydrogen-bond donors (Lipinski definition) is 0. The van der Waals surface area contributed by atoms with Crippen molar-refractivity contribution in [2.45, 2.75) is 13.8 Å². The standard InChI is InChI=1S/C28H25NO2/c1-20-4-9-23(10-5-20)27-17-6-21(2)18-28(27)29(24-11-7-22(19-30)8-12-24)25-13-15-26(31-3)16-14-25/h4-19H,1-3H3. The van der Waals surface area contributed by atoms with E-state index in [1.807, 2.05) is 48.5 Å². The van der Waals surface area contributed by atoms with Crippen LogP contribution in [0.15, 0.2) is 91.0 Å². The van der Waals surface area contributed by atoms with Gasteiger partial charge in [-0.25, -0.2) is 0 Å². The molecule has 0 saturated carbocycles. The van der Waals surface area contributed by atoms with Crippen LogP contribution in [0.5, 0.6) is 5.75 Å². The molecule has 0 unspecified atom stereocenters. The summed E-state index contributed by atoms with van der Waals surface area (Å²) in [4.78, 5) is 13.4. The highest BCUT2D eigenvalue weighted by Crippen LogP contribution is 2.41. The Morgan fingerprint density at radius 1 is 0.710 bits per heavy atom. The maximum absolute atomic E-state index is 11.2. The third-order valence-electron chi connectivity index (χ3n) is 5.37. The summed E-state index contributed by atoms with van der Waals surface area (Å²) in [6.07, 6.45) is 0.867. The Bertz CT molecular complexity index is 1180. The number of carbonyl (C=O) groups is 1. The van der Waals surface area contributed by atoms with E-state index in [0.717, 1.165) is 40.2 Å². The van der Waals surface area contributed by atoms with Crippen LogP contribution >= 0.6 is 0 Å². The normalized spacial score (nSPS) is 10.5. The molecular formula is C28H25NO2. The lowest BCUT2D eigenvalue weighted by molar-refractivity contribution is 0.112. The van der Waals surface area contributed by atoms with Crippen LogP contribution in [0.3, 0.4) is 0 Å². The van der Waals surface area contributed by atoms with Gasteiger partial charge in [0.1, 0.15) is 12.0 Å². The van der Waals surface area contributed by atoms with Crippen LogP contribution in [0.25, 0.3) is 11.1 Å². The molecule has 0 heterocycles. The van der Waals surface area contributed by atoms with Gasteiger partial charge in [0.15, 0.2) is 0 Å². The maximum Gasteiger partial charge on any atom is 0.150 e. The molecule has 3 nitrogen and oxygen atoms in total. The van der Waals surface area contributed by atoms with E-state index in [1.54, 1.807) is 7.11 Å². The number of aryl methyl sites for hydroxylation is 2. The first kappa shape index (κ1) is 20.4. The van der Waals surface area contributed by atoms with E-state index in [-0.39, 0.29) is 0 Å². The fourth-order valence-electron chi connectivity index (χ4n) is 3.66. The molecule has 0 aliphatic heterocycles. The molecule has 0 bridgehead atoms. The number of methoxy groups -OCH3 is 1. The highest BCUT2D eigenvalue weighted by molar-refractivity contribution is 5.89. The lowest BCUT2D eigenvalue weighted by Gasteiger charge is -2.28. The van der Waals surface area contributed by atoms with E-state index in [9.17, 15) is 4.79 Å². The van der Waals surface area contributed by atoms with Gasteiger partial charge in [-0.2, -0.15) is 0 Å². The fraction of sp³-hybridized carbons (Fsp3) is 0.107. The number of hydrogen-bond acceptors (Lipinski definition) is 3. The molecule has 154 valence electrons. The van der Waals surface area contributed by atoms with Gasteiger partial charge >= 0.3 is 0 Å². The number of aldehydes is 1. The highest BCUT2D eigenvalue weighted by Gasteiger charge is 2.17. The first-order valence-electron chi connectivity index (χ1n) is 10.3. The summed E-state index contributed by atoms with van der Waals surface area (Å²) in [6.45, 7) is 4.20. The number of anilines is 3. The average Bonchev–Trinajstić information content (AvgIpc) is 2.81. The molecule has 0 saturated heterocycles. The number of carbonyl (C=O) groups excluding carboxylic acids is 1. The molecule has 0 aliphatic carbocycles. The van der Waals surface area contributed by atoms with Crippen molar-refractivity contribution in [3.8, 4) is 16.9 Å². The highest BCUT2D eigenvalue weighted by atomic mass is 16.5. The van der Waals surface area contributed by atoms with Crippen molar-refractivity contribution in [3.63, 3.8) is 0 Å². The lowest BCUT2D eigenvalue weighted by Crippen LogP contribution is -2.11. The van der Waals surface area contributed by atoms with Crippen LogP contribution in [0.1, 0.15) is 21.5 Å². The quantitative estimate of drug-likeness (QED) is 0.315. The fourth-order valence-corrected chi connectivity index (χ4v) is 3.66. The summed E-state index contributed by atoms with van der Waals surface area (Å²) < 4.78 is 5.36. The van der Waals surface area contributed by atoms with Crippen LogP contribution in [-0.4, -0.2) is 13.4 Å². The van der Waals surface area contributed by atoms with Crippen molar-refractivity contribution in [3.05, 3.63) is 108 Å². The summed E-state index contributed by atoms with van der Waals surface area (Å²) in [6, 6.07) is 30.8. The van der Waals surface area contributed by atoms with Crippen molar-refractivity contribution in [2.24, 2.45) is 0 Å². The van der Waals surface area contributed by atoms with Crippen molar-refractivity contribution in [2.75, 3.05) is 12.0 Å². The van der Waals surface area contributed by atoms with Gasteiger partial charge in [0.25, 0.3) is 0 Å². The summed E-state index contributed by atoms with van der Waals surface area (Å²) in [7, 11) is 1.67. The molecule has 0 aromatic heterocycles. The summed E-state index contributed by atoms with van der Waals surface area (Å²) >= 11 is 0. The predicted molar refractivity (Wildman–Crippen MR) is 128 cm³/mol. The zero-order chi connectivity index (χ0) is 21.8. The number of nitrogens with zero attached hydrogens (tertiary/aromatic N) is 1. The molecule has 4 aromatic carbocycles. The molecule has 4 aromatic rings. The summed E-state index contributed by atoms with van der Waals surface area (Å²) in [5, 5.41) is 0. The van der Waals surface area contributed by atoms with Gasteiger partial charge in [-0.3, -0.25) is 4.79 Å². The second-order valence-electron chi connectivity index (χ2n) is 7.63. The molecular weight excluding hydrogens is 382 g/mol. The van der Waals surface area contributed by atoms with Crippen molar-refractivity contribution >= 4 is 23.3 Å². The van der Waals surface area contributed by atoms with E-state index in [0.29, 0.717) is 5.56 Å². The Morgan fingerprint density at radius 3 is 1.87 bits per heavy atom. The summed E-state index contributed by atoms with van der Waals surface area (Å²) in [5.74, 6) is 0.808. The van der Waals surface area contributed by atoms with E-state index in [2.05, 4.69) is 61.2 Å². The molecule has 0 spiro atoms. The van der Waals surface area contributed by atoms with Crippen LogP contribution in [-0.2, 0) is 0 Å². The van der Waals surface area contributed by atoms with Crippen molar-refractivity contribution in [1.29, 1.82) is 0 Å². The van der Waals surface area contributed by atoms with Crippen LogP contribution in [0, 0.1) is 13.8 Å². The zero-order valence-corrected chi connectivity index (χ0v) is 18.0. The second kappa shape index (κ2) is 8.88. The van der Waals surface area contributed by atoms with Crippen LogP contribution in [0.2, 0.25) is 0 Å². The minimum absolute atomic E-state index is 0.654. The summed E-state index contributed by atoms with van der Waals surface area (Å²) in [5.41, 5.74) is 8.43. The molecule has 0 aliphatic rings. The molecule has 0 atom stereocenters. The average molecular weight is 408 g/mol. The van der Waals surface area contributed by atoms with Crippen molar-refractivity contribution in [1.82, 2.24) is 0 Å². The van der Waals surface area contributed by atoms with E-state index >= 15 is 0 Å². The molecule has 0 radical (unpaired) electrons. The molecule has 0 amide bonds. The topological polar surface area (TPSA) is 29.5 Å². The third kappa shape index (κ3) is 4.36. The first-order valence-corrected chi connectivity index (χ1v) is 10.3. The Balaban J connectivity index is 1.93. The SMILES string of the molecule is COc1ccc(N(c2ccc(C=O)cc2)c2cc(C)ccc2-c2ccc(C)cc2)cc1. The van der Waals surface area contributed by atoms with E-state index < -0.39 is 0 Å². The Labute approximate surface area is 183 Å². The largest absolute Gasteiger partial charge is 0.497 e. The number of benzene rings is 4. The minimum Gasteiger partial charge on any atom is -0.497 e. The van der Waals surface area contributed by atoms with Crippen molar-refractivity contribution < 1.29 is 9.53 Å². The maximum atomic E-state index is 11.2. The number of rotatable bonds is 6. The third-order valence-corrected chi connectivity index (χ3v) is 5.37. The Morgan fingerprint density at radius 2 is 1.29 bits per heavy atom. The van der Waals surface area contributed by atoms with Crippen LogP contribution in [0.4, 0.5) is 17.1 Å². The smallest absolute Gasteiger partial charge is 0.150 e. The monoisotopic (exact) mass is 407 g/mol. The van der Waals surface area contributed by atoms with Gasteiger partial charge in [0.2, 0.25) is 0 Å². The molecule has 0 N–H and O–H groups in total. The molecule has 3 heteroatoms. The Kier molecular flexibility index (Phi) is 5.85. The van der Waals surface area contributed by atoms with E-state index in [4.69, 9.17) is 4.74 Å².